The van der Waals surface area contributed by atoms with Gasteiger partial charge in [0, 0.05) is 19.6 Å². The zero-order valence-corrected chi connectivity index (χ0v) is 11.2. The van der Waals surface area contributed by atoms with Crippen molar-refractivity contribution in [3.05, 3.63) is 0 Å². The van der Waals surface area contributed by atoms with Crippen LogP contribution < -0.4 is 5.32 Å². The Hall–Kier alpha value is -0.820. The molecule has 0 aliphatic carbocycles. The molecule has 3 saturated heterocycles. The number of halogens is 3. The minimum Gasteiger partial charge on any atom is -0.371 e. The van der Waals surface area contributed by atoms with E-state index in [1.807, 2.05) is 0 Å². The summed E-state index contributed by atoms with van der Waals surface area (Å²) >= 11 is 0. The van der Waals surface area contributed by atoms with E-state index in [1.165, 1.54) is 0 Å². The molecule has 114 valence electrons. The summed E-state index contributed by atoms with van der Waals surface area (Å²) in [5, 5.41) is 2.77. The Labute approximate surface area is 115 Å². The maximum Gasteiger partial charge on any atom is 0.393 e. The minimum absolute atomic E-state index is 0.0318. The van der Waals surface area contributed by atoms with Crippen molar-refractivity contribution in [2.75, 3.05) is 19.6 Å². The van der Waals surface area contributed by atoms with Crippen molar-refractivity contribution in [1.29, 1.82) is 0 Å². The highest BCUT2D eigenvalue weighted by atomic mass is 19.4. The summed E-state index contributed by atoms with van der Waals surface area (Å²) in [5.74, 6) is -1.39. The molecule has 0 aromatic rings. The Morgan fingerprint density at radius 2 is 1.75 bits per heavy atom. The molecule has 2 bridgehead atoms. The lowest BCUT2D eigenvalue weighted by Crippen LogP contribution is -2.56. The number of nitrogens with zero attached hydrogens (tertiary/aromatic N) is 1. The molecule has 0 aromatic heterocycles. The van der Waals surface area contributed by atoms with Gasteiger partial charge >= 0.3 is 6.18 Å². The Kier molecular flexibility index (Phi) is 3.66. The Bertz CT molecular complexity index is 368. The lowest BCUT2D eigenvalue weighted by atomic mass is 9.93. The van der Waals surface area contributed by atoms with E-state index >= 15 is 0 Å². The fraction of sp³-hybridized carbons (Fsp3) is 0.923. The van der Waals surface area contributed by atoms with E-state index in [2.05, 4.69) is 5.32 Å². The first kappa shape index (κ1) is 14.1. The number of nitrogens with one attached hydrogen (secondary N) is 1. The minimum atomic E-state index is -4.17. The standard InChI is InChI=1S/C13H19F3N2O2/c14-13(15,16)8-1-4-11(17-5-8)12(19)18-6-9-2-3-10(7-18)20-9/h8-11,17H,1-7H2. The zero-order valence-electron chi connectivity index (χ0n) is 11.2. The number of alkyl halides is 3. The number of hydrogen-bond donors (Lipinski definition) is 1. The highest BCUT2D eigenvalue weighted by Crippen LogP contribution is 2.33. The summed E-state index contributed by atoms with van der Waals surface area (Å²) in [6.07, 6.45) is -1.70. The van der Waals surface area contributed by atoms with Crippen LogP contribution in [0.1, 0.15) is 25.7 Å². The normalized spacial score (nSPS) is 38.0. The van der Waals surface area contributed by atoms with Crippen LogP contribution in [0.2, 0.25) is 0 Å². The van der Waals surface area contributed by atoms with Crippen molar-refractivity contribution in [1.82, 2.24) is 10.2 Å². The van der Waals surface area contributed by atoms with Crippen LogP contribution in [0.4, 0.5) is 13.2 Å². The van der Waals surface area contributed by atoms with Crippen LogP contribution in [0.3, 0.4) is 0 Å². The van der Waals surface area contributed by atoms with Crippen LogP contribution in [0.25, 0.3) is 0 Å². The molecular weight excluding hydrogens is 273 g/mol. The van der Waals surface area contributed by atoms with Crippen LogP contribution in [-0.2, 0) is 9.53 Å². The number of ether oxygens (including phenoxy) is 1. The Balaban J connectivity index is 1.54. The second-order valence-corrected chi connectivity index (χ2v) is 5.98. The van der Waals surface area contributed by atoms with Gasteiger partial charge in [0.1, 0.15) is 0 Å². The molecule has 7 heteroatoms. The summed E-state index contributed by atoms with van der Waals surface area (Å²) < 4.78 is 43.4. The van der Waals surface area contributed by atoms with Crippen LogP contribution >= 0.6 is 0 Å². The fourth-order valence-electron chi connectivity index (χ4n) is 3.36. The molecule has 4 unspecified atom stereocenters. The van der Waals surface area contributed by atoms with Gasteiger partial charge in [-0.1, -0.05) is 0 Å². The fourth-order valence-corrected chi connectivity index (χ4v) is 3.36. The number of amides is 1. The highest BCUT2D eigenvalue weighted by molar-refractivity contribution is 5.82. The summed E-state index contributed by atoms with van der Waals surface area (Å²) in [6.45, 7) is 1.00. The number of fused-ring (bicyclic) bond motifs is 2. The first-order valence-electron chi connectivity index (χ1n) is 7.18. The summed E-state index contributed by atoms with van der Waals surface area (Å²) in [6, 6.07) is -0.467. The summed E-state index contributed by atoms with van der Waals surface area (Å²) in [5.41, 5.74) is 0. The van der Waals surface area contributed by atoms with E-state index in [0.717, 1.165) is 12.8 Å². The van der Waals surface area contributed by atoms with Crippen molar-refractivity contribution in [2.45, 2.75) is 50.1 Å². The molecular formula is C13H19F3N2O2. The van der Waals surface area contributed by atoms with E-state index in [9.17, 15) is 18.0 Å². The second-order valence-electron chi connectivity index (χ2n) is 5.98. The predicted octanol–water partition coefficient (Wildman–Crippen LogP) is 1.31. The maximum atomic E-state index is 12.6. The monoisotopic (exact) mass is 292 g/mol. The third-order valence-corrected chi connectivity index (χ3v) is 4.53. The molecule has 1 N–H and O–H groups in total. The highest BCUT2D eigenvalue weighted by Gasteiger charge is 2.44. The van der Waals surface area contributed by atoms with Crippen LogP contribution in [0.5, 0.6) is 0 Å². The van der Waals surface area contributed by atoms with Gasteiger partial charge in [0.05, 0.1) is 24.2 Å². The number of hydrogen-bond acceptors (Lipinski definition) is 3. The van der Waals surface area contributed by atoms with Gasteiger partial charge in [-0.3, -0.25) is 4.79 Å². The van der Waals surface area contributed by atoms with Crippen molar-refractivity contribution in [2.24, 2.45) is 5.92 Å². The largest absolute Gasteiger partial charge is 0.393 e. The lowest BCUT2D eigenvalue weighted by molar-refractivity contribution is -0.181. The number of likely N-dealkylation sites (tertiary alicyclic amines) is 1. The van der Waals surface area contributed by atoms with Gasteiger partial charge in [-0.05, 0) is 25.7 Å². The molecule has 3 heterocycles. The first-order chi connectivity index (χ1) is 9.43. The van der Waals surface area contributed by atoms with Crippen LogP contribution in [0, 0.1) is 5.92 Å². The van der Waals surface area contributed by atoms with Crippen LogP contribution in [0.15, 0.2) is 0 Å². The topological polar surface area (TPSA) is 41.6 Å². The maximum absolute atomic E-state index is 12.6. The third kappa shape index (κ3) is 2.79. The molecule has 3 aliphatic heterocycles. The molecule has 4 atom stereocenters. The van der Waals surface area contributed by atoms with Gasteiger partial charge in [0.25, 0.3) is 0 Å². The summed E-state index contributed by atoms with van der Waals surface area (Å²) in [4.78, 5) is 14.1. The van der Waals surface area contributed by atoms with Crippen molar-refractivity contribution in [3.8, 4) is 0 Å². The third-order valence-electron chi connectivity index (χ3n) is 4.53. The van der Waals surface area contributed by atoms with E-state index in [-0.39, 0.29) is 37.5 Å². The predicted molar refractivity (Wildman–Crippen MR) is 65.0 cm³/mol. The molecule has 0 spiro atoms. The molecule has 3 aliphatic rings. The number of rotatable bonds is 1. The number of morpholine rings is 1. The molecule has 0 saturated carbocycles. The molecule has 3 rings (SSSR count). The van der Waals surface area contributed by atoms with Crippen molar-refractivity contribution in [3.63, 3.8) is 0 Å². The van der Waals surface area contributed by atoms with E-state index in [0.29, 0.717) is 13.1 Å². The van der Waals surface area contributed by atoms with E-state index in [1.54, 1.807) is 4.90 Å². The van der Waals surface area contributed by atoms with E-state index in [4.69, 9.17) is 4.74 Å². The average Bonchev–Trinajstić information content (AvgIpc) is 2.76. The van der Waals surface area contributed by atoms with Gasteiger partial charge in [-0.2, -0.15) is 13.2 Å². The zero-order chi connectivity index (χ0) is 14.3. The average molecular weight is 292 g/mol. The van der Waals surface area contributed by atoms with Gasteiger partial charge in [-0.25, -0.2) is 0 Å². The number of carbonyl (C=O) groups is 1. The van der Waals surface area contributed by atoms with Gasteiger partial charge in [0.2, 0.25) is 5.91 Å². The second kappa shape index (κ2) is 5.18. The molecule has 20 heavy (non-hydrogen) atoms. The lowest BCUT2D eigenvalue weighted by Gasteiger charge is -2.37. The SMILES string of the molecule is O=C(C1CCC(C(F)(F)F)CN1)N1CC2CCC(C1)O2. The number of piperidine rings is 1. The van der Waals surface area contributed by atoms with Crippen LogP contribution in [-0.4, -0.2) is 54.9 Å². The first-order valence-corrected chi connectivity index (χ1v) is 7.18. The molecule has 0 aromatic carbocycles. The van der Waals surface area contributed by atoms with Crippen molar-refractivity contribution >= 4 is 5.91 Å². The van der Waals surface area contributed by atoms with Gasteiger partial charge in [-0.15, -0.1) is 0 Å². The molecule has 4 nitrogen and oxygen atoms in total. The van der Waals surface area contributed by atoms with Crippen molar-refractivity contribution < 1.29 is 22.7 Å². The van der Waals surface area contributed by atoms with Gasteiger partial charge in [0.15, 0.2) is 0 Å². The molecule has 3 fully saturated rings. The van der Waals surface area contributed by atoms with E-state index < -0.39 is 18.1 Å². The Morgan fingerprint density at radius 3 is 2.25 bits per heavy atom. The summed E-state index contributed by atoms with van der Waals surface area (Å²) in [7, 11) is 0. The Morgan fingerprint density at radius 1 is 1.10 bits per heavy atom. The smallest absolute Gasteiger partial charge is 0.371 e. The quantitative estimate of drug-likeness (QED) is 0.792. The molecule has 1 amide bonds. The van der Waals surface area contributed by atoms with Gasteiger partial charge < -0.3 is 15.0 Å². The number of carbonyl (C=O) groups excluding carboxylic acids is 1. The molecule has 0 radical (unpaired) electrons.